The molecule has 334 valence electrons. The molecule has 0 aromatic heterocycles. The SMILES string of the molecule is CCC[C@H](NC(=O)[C@@H]1C[C@@H](OC(=O)N2Cc3ccccc3C2)CN1C(=O)[C@@H](NC(=O)N[C@@H](CN(C)S(C)(=O)=O)C(C)(C)C)C(C)(C)C)B1O[C@@H]2C[C@H]3C[C@H](C3(C)C)[C@]2(C)O1. The van der Waals surface area contributed by atoms with Gasteiger partial charge in [-0.25, -0.2) is 22.3 Å². The van der Waals surface area contributed by atoms with E-state index in [1.807, 2.05) is 72.7 Å². The van der Waals surface area contributed by atoms with Crippen molar-refractivity contribution >= 4 is 41.1 Å². The molecule has 2 bridgehead atoms. The standard InChI is InChI=1S/C43H69BN6O9S/c1-13-16-34(44-58-33-20-28-19-31(42(28,8)9)43(33,10)59-44)46-36(51)30-21-29(57-39(54)49-22-26-17-14-15-18-27(26)23-49)24-50(30)37(52)35(41(5,6)7)47-38(53)45-32(40(2,3)4)25-48(11)60(12,55)56/h14-15,17-18,28-35H,13,16,19-25H2,1-12H3,(H,46,51)(H2,45,47,53)/t28-,29-,30+,31-,32+,33-,34+,35-,43+/m1/s1. The molecule has 7 rings (SSSR count). The minimum atomic E-state index is -3.54. The lowest BCUT2D eigenvalue weighted by molar-refractivity contribution is -0.199. The maximum absolute atomic E-state index is 14.9. The quantitative estimate of drug-likeness (QED) is 0.252. The van der Waals surface area contributed by atoms with Gasteiger partial charge in [0, 0.05) is 39.1 Å². The van der Waals surface area contributed by atoms with Gasteiger partial charge in [-0.3, -0.25) is 14.5 Å². The van der Waals surface area contributed by atoms with Crippen molar-refractivity contribution in [2.45, 2.75) is 156 Å². The van der Waals surface area contributed by atoms with Gasteiger partial charge in [0.15, 0.2) is 0 Å². The minimum absolute atomic E-state index is 0.0135. The van der Waals surface area contributed by atoms with Crippen LogP contribution in [0.3, 0.4) is 0 Å². The molecule has 60 heavy (non-hydrogen) atoms. The van der Waals surface area contributed by atoms with E-state index in [-0.39, 0.29) is 31.0 Å². The van der Waals surface area contributed by atoms with E-state index < -0.39 is 87.7 Å². The van der Waals surface area contributed by atoms with Crippen molar-refractivity contribution in [2.75, 3.05) is 26.4 Å². The molecule has 15 nitrogen and oxygen atoms in total. The first-order valence-electron chi connectivity index (χ1n) is 21.7. The predicted molar refractivity (Wildman–Crippen MR) is 229 cm³/mol. The lowest BCUT2D eigenvalue weighted by Gasteiger charge is -2.64. The molecule has 5 fully saturated rings. The Hall–Kier alpha value is -3.41. The maximum atomic E-state index is 14.9. The number of rotatable bonds is 12. The van der Waals surface area contributed by atoms with Crippen molar-refractivity contribution in [3.05, 3.63) is 35.4 Å². The molecule has 17 heteroatoms. The number of amides is 5. The van der Waals surface area contributed by atoms with Gasteiger partial charge in [0.2, 0.25) is 21.8 Å². The third kappa shape index (κ3) is 9.34. The van der Waals surface area contributed by atoms with Gasteiger partial charge in [-0.1, -0.05) is 93.0 Å². The van der Waals surface area contributed by atoms with Gasteiger partial charge in [-0.05, 0) is 65.4 Å². The number of nitrogens with one attached hydrogen (secondary N) is 3. The zero-order valence-corrected chi connectivity index (χ0v) is 38.6. The molecular formula is C43H69BN6O9S. The van der Waals surface area contributed by atoms with Gasteiger partial charge in [-0.15, -0.1) is 0 Å². The van der Waals surface area contributed by atoms with E-state index >= 15 is 0 Å². The summed E-state index contributed by atoms with van der Waals surface area (Å²) < 4.78 is 45.2. The number of ether oxygens (including phenoxy) is 1. The number of benzene rings is 1. The van der Waals surface area contributed by atoms with Gasteiger partial charge in [0.05, 0.1) is 30.4 Å². The number of nitrogens with zero attached hydrogens (tertiary/aromatic N) is 3. The number of likely N-dealkylation sites (N-methyl/N-ethyl adjacent to an activating group) is 1. The van der Waals surface area contributed by atoms with Crippen LogP contribution in [0.25, 0.3) is 0 Å². The summed E-state index contributed by atoms with van der Waals surface area (Å²) in [6.07, 6.45) is 3.09. The Morgan fingerprint density at radius 1 is 0.967 bits per heavy atom. The van der Waals surface area contributed by atoms with Crippen molar-refractivity contribution in [3.8, 4) is 0 Å². The average Bonchev–Trinajstić information content (AvgIpc) is 3.86. The number of carbonyl (C=O) groups is 4. The zero-order chi connectivity index (χ0) is 44.3. The maximum Gasteiger partial charge on any atom is 0.481 e. The average molecular weight is 857 g/mol. The van der Waals surface area contributed by atoms with Crippen LogP contribution in [0.5, 0.6) is 0 Å². The summed E-state index contributed by atoms with van der Waals surface area (Å²) in [6.45, 7) is 20.7. The van der Waals surface area contributed by atoms with Crippen LogP contribution in [-0.4, -0.2) is 122 Å². The largest absolute Gasteiger partial charge is 0.481 e. The second kappa shape index (κ2) is 16.7. The Balaban J connectivity index is 1.22. The smallest absolute Gasteiger partial charge is 0.444 e. The second-order valence-corrected chi connectivity index (χ2v) is 23.1. The monoisotopic (exact) mass is 856 g/mol. The van der Waals surface area contributed by atoms with Gasteiger partial charge in [-0.2, -0.15) is 0 Å². The topological polar surface area (TPSA) is 176 Å². The number of fused-ring (bicyclic) bond motifs is 1. The summed E-state index contributed by atoms with van der Waals surface area (Å²) in [7, 11) is -2.75. The summed E-state index contributed by atoms with van der Waals surface area (Å²) in [5.74, 6) is -0.509. The summed E-state index contributed by atoms with van der Waals surface area (Å²) >= 11 is 0. The Morgan fingerprint density at radius 3 is 2.15 bits per heavy atom. The Morgan fingerprint density at radius 2 is 1.60 bits per heavy atom. The third-order valence-corrected chi connectivity index (χ3v) is 15.5. The molecule has 3 N–H and O–H groups in total. The summed E-state index contributed by atoms with van der Waals surface area (Å²) in [5, 5.41) is 9.00. The van der Waals surface area contributed by atoms with E-state index in [1.165, 1.54) is 16.3 Å². The fourth-order valence-corrected chi connectivity index (χ4v) is 10.5. The molecule has 3 aliphatic carbocycles. The molecule has 2 saturated heterocycles. The van der Waals surface area contributed by atoms with E-state index in [9.17, 15) is 27.6 Å². The summed E-state index contributed by atoms with van der Waals surface area (Å²) in [4.78, 5) is 59.9. The Kier molecular flexibility index (Phi) is 12.8. The molecule has 0 spiro atoms. The van der Waals surface area contributed by atoms with Crippen LogP contribution in [0.4, 0.5) is 9.59 Å². The second-order valence-electron chi connectivity index (χ2n) is 21.0. The lowest BCUT2D eigenvalue weighted by Crippen LogP contribution is -2.65. The third-order valence-electron chi connectivity index (χ3n) is 14.2. The van der Waals surface area contributed by atoms with E-state index in [0.29, 0.717) is 31.3 Å². The highest BCUT2D eigenvalue weighted by atomic mass is 32.2. The van der Waals surface area contributed by atoms with E-state index in [4.69, 9.17) is 14.0 Å². The first-order valence-corrected chi connectivity index (χ1v) is 23.5. The van der Waals surface area contributed by atoms with Crippen LogP contribution in [-0.2, 0) is 46.7 Å². The van der Waals surface area contributed by atoms with Gasteiger partial charge in [0.1, 0.15) is 18.2 Å². The molecule has 6 aliphatic rings. The van der Waals surface area contributed by atoms with Crippen LogP contribution < -0.4 is 16.0 Å². The van der Waals surface area contributed by atoms with Gasteiger partial charge < -0.3 is 34.9 Å². The normalized spacial score (nSPS) is 28.6. The number of hydrogen-bond donors (Lipinski definition) is 3. The molecule has 9 atom stereocenters. The van der Waals surface area contributed by atoms with Crippen LogP contribution >= 0.6 is 0 Å². The van der Waals surface area contributed by atoms with Crippen LogP contribution in [0.2, 0.25) is 0 Å². The van der Waals surface area contributed by atoms with Crippen LogP contribution in [0.15, 0.2) is 24.3 Å². The highest BCUT2D eigenvalue weighted by molar-refractivity contribution is 7.88. The number of hydrogen-bond acceptors (Lipinski definition) is 9. The van der Waals surface area contributed by atoms with E-state index in [0.717, 1.165) is 36.6 Å². The summed E-state index contributed by atoms with van der Waals surface area (Å²) in [5.41, 5.74) is 0.381. The fourth-order valence-electron chi connectivity index (χ4n) is 10.1. The van der Waals surface area contributed by atoms with Gasteiger partial charge in [0.25, 0.3) is 0 Å². The number of carbonyl (C=O) groups excluding carboxylic acids is 4. The van der Waals surface area contributed by atoms with Crippen molar-refractivity contribution in [1.29, 1.82) is 0 Å². The first-order chi connectivity index (χ1) is 27.7. The first kappa shape index (κ1) is 46.1. The van der Waals surface area contributed by atoms with Crippen LogP contribution in [0.1, 0.15) is 112 Å². The Bertz CT molecular complexity index is 1890. The highest BCUT2D eigenvalue weighted by Gasteiger charge is 2.68. The molecule has 3 saturated carbocycles. The zero-order valence-electron chi connectivity index (χ0n) is 37.8. The Labute approximate surface area is 357 Å². The van der Waals surface area contributed by atoms with Gasteiger partial charge >= 0.3 is 19.2 Å². The fraction of sp³-hybridized carbons (Fsp3) is 0.767. The molecule has 0 unspecified atom stereocenters. The predicted octanol–water partition coefficient (Wildman–Crippen LogP) is 4.68. The van der Waals surface area contributed by atoms with E-state index in [2.05, 4.69) is 36.7 Å². The number of likely N-dealkylation sites (tertiary alicyclic amines) is 1. The highest BCUT2D eigenvalue weighted by Crippen LogP contribution is 2.65. The molecule has 3 heterocycles. The van der Waals surface area contributed by atoms with Crippen molar-refractivity contribution in [3.63, 3.8) is 0 Å². The molecule has 0 radical (unpaired) electrons. The van der Waals surface area contributed by atoms with Crippen molar-refractivity contribution in [1.82, 2.24) is 30.1 Å². The minimum Gasteiger partial charge on any atom is -0.444 e. The van der Waals surface area contributed by atoms with Crippen LogP contribution in [0, 0.1) is 28.1 Å². The summed E-state index contributed by atoms with van der Waals surface area (Å²) in [6, 6.07) is 4.40. The van der Waals surface area contributed by atoms with Crippen molar-refractivity contribution in [2.24, 2.45) is 28.1 Å². The molecular weight excluding hydrogens is 787 g/mol. The van der Waals surface area contributed by atoms with Crippen molar-refractivity contribution < 1.29 is 41.6 Å². The number of sulfonamides is 1. The van der Waals surface area contributed by atoms with E-state index in [1.54, 1.807) is 4.90 Å². The lowest BCUT2D eigenvalue weighted by atomic mass is 9.43. The molecule has 3 aliphatic heterocycles. The molecule has 5 amide bonds. The number of urea groups is 1. The molecule has 1 aromatic carbocycles. The molecule has 1 aromatic rings.